The first-order chi connectivity index (χ1) is 10.2. The molecular formula is C13H7BrClF3N2O2. The van der Waals surface area contributed by atoms with E-state index < -0.39 is 30.0 Å². The van der Waals surface area contributed by atoms with Gasteiger partial charge in [-0.1, -0.05) is 23.7 Å². The number of rotatable bonds is 3. The molecule has 0 bridgehead atoms. The first kappa shape index (κ1) is 16.7. The lowest BCUT2D eigenvalue weighted by molar-refractivity contribution is -0.143. The molecule has 0 amide bonds. The molecule has 0 aliphatic heterocycles. The second kappa shape index (κ2) is 6.21. The van der Waals surface area contributed by atoms with Crippen LogP contribution in [0.2, 0.25) is 5.02 Å². The van der Waals surface area contributed by atoms with Crippen LogP contribution in [0.3, 0.4) is 0 Å². The number of alkyl halides is 3. The number of aliphatic carboxylic acids is 1. The van der Waals surface area contributed by atoms with Crippen molar-refractivity contribution in [2.75, 3.05) is 0 Å². The summed E-state index contributed by atoms with van der Waals surface area (Å²) in [7, 11) is 0. The number of carboxylic acids is 1. The summed E-state index contributed by atoms with van der Waals surface area (Å²) in [6.07, 6.45) is -5.67. The SMILES string of the molecule is O=C(O)Cc1nc(-c2ccc(Cl)cc2)c(Br)nc1C(F)(F)F. The summed E-state index contributed by atoms with van der Waals surface area (Å²) in [6, 6.07) is 6.18. The van der Waals surface area contributed by atoms with Crippen LogP contribution in [0.4, 0.5) is 13.2 Å². The van der Waals surface area contributed by atoms with E-state index in [1.54, 1.807) is 24.3 Å². The molecule has 0 saturated heterocycles. The summed E-state index contributed by atoms with van der Waals surface area (Å²) in [4.78, 5) is 18.0. The van der Waals surface area contributed by atoms with Gasteiger partial charge in [-0.3, -0.25) is 4.79 Å². The third-order valence-corrected chi connectivity index (χ3v) is 3.44. The van der Waals surface area contributed by atoms with Crippen LogP contribution < -0.4 is 0 Å². The van der Waals surface area contributed by atoms with Crippen molar-refractivity contribution in [2.45, 2.75) is 12.6 Å². The molecule has 1 N–H and O–H groups in total. The van der Waals surface area contributed by atoms with Gasteiger partial charge in [0, 0.05) is 10.6 Å². The first-order valence-corrected chi connectivity index (χ1v) is 6.97. The van der Waals surface area contributed by atoms with E-state index >= 15 is 0 Å². The van der Waals surface area contributed by atoms with E-state index in [4.69, 9.17) is 16.7 Å². The fourth-order valence-corrected chi connectivity index (χ4v) is 2.36. The molecule has 4 nitrogen and oxygen atoms in total. The Kier molecular flexibility index (Phi) is 4.72. The van der Waals surface area contributed by atoms with Crippen molar-refractivity contribution in [3.05, 3.63) is 45.3 Å². The number of benzene rings is 1. The highest BCUT2D eigenvalue weighted by Crippen LogP contribution is 2.34. The van der Waals surface area contributed by atoms with Crippen molar-refractivity contribution < 1.29 is 23.1 Å². The van der Waals surface area contributed by atoms with Crippen molar-refractivity contribution >= 4 is 33.5 Å². The van der Waals surface area contributed by atoms with Gasteiger partial charge in [0.25, 0.3) is 0 Å². The van der Waals surface area contributed by atoms with Crippen LogP contribution in [0.25, 0.3) is 11.3 Å². The number of hydrogen-bond donors (Lipinski definition) is 1. The number of nitrogens with zero attached hydrogens (tertiary/aromatic N) is 2. The van der Waals surface area contributed by atoms with Gasteiger partial charge in [-0.25, -0.2) is 9.97 Å². The standard InChI is InChI=1S/C13H7BrClF3N2O2/c14-12-10(6-1-3-7(15)4-2-6)19-8(5-9(21)22)11(20-12)13(16,17)18/h1-4H,5H2,(H,21,22). The van der Waals surface area contributed by atoms with Crippen LogP contribution in [0.15, 0.2) is 28.9 Å². The van der Waals surface area contributed by atoms with Crippen molar-refractivity contribution in [3.8, 4) is 11.3 Å². The Bertz CT molecular complexity index is 720. The molecule has 0 fully saturated rings. The number of aromatic nitrogens is 2. The molecule has 1 aromatic heterocycles. The number of carbonyl (C=O) groups is 1. The normalized spacial score (nSPS) is 11.5. The van der Waals surface area contributed by atoms with Gasteiger partial charge in [-0.15, -0.1) is 0 Å². The highest BCUT2D eigenvalue weighted by atomic mass is 79.9. The van der Waals surface area contributed by atoms with E-state index in [2.05, 4.69) is 25.9 Å². The zero-order valence-corrected chi connectivity index (χ0v) is 13.0. The average Bonchev–Trinajstić information content (AvgIpc) is 2.40. The van der Waals surface area contributed by atoms with Crippen molar-refractivity contribution in [3.63, 3.8) is 0 Å². The van der Waals surface area contributed by atoms with Gasteiger partial charge < -0.3 is 5.11 Å². The highest BCUT2D eigenvalue weighted by Gasteiger charge is 2.37. The third-order valence-electron chi connectivity index (χ3n) is 2.63. The molecule has 9 heteroatoms. The molecular weight excluding hydrogens is 389 g/mol. The summed E-state index contributed by atoms with van der Waals surface area (Å²) < 4.78 is 38.7. The van der Waals surface area contributed by atoms with E-state index in [9.17, 15) is 18.0 Å². The van der Waals surface area contributed by atoms with Gasteiger partial charge in [0.15, 0.2) is 5.69 Å². The molecule has 0 aliphatic rings. The summed E-state index contributed by atoms with van der Waals surface area (Å²) in [5.41, 5.74) is -1.39. The van der Waals surface area contributed by atoms with Gasteiger partial charge in [-0.2, -0.15) is 13.2 Å². The number of hydrogen-bond acceptors (Lipinski definition) is 3. The van der Waals surface area contributed by atoms with Gasteiger partial charge >= 0.3 is 12.1 Å². The van der Waals surface area contributed by atoms with E-state index in [-0.39, 0.29) is 10.3 Å². The minimum absolute atomic E-state index is 0.112. The lowest BCUT2D eigenvalue weighted by Gasteiger charge is -2.13. The topological polar surface area (TPSA) is 63.1 Å². The molecule has 0 atom stereocenters. The molecule has 0 aliphatic carbocycles. The molecule has 0 radical (unpaired) electrons. The summed E-state index contributed by atoms with van der Waals surface area (Å²) in [5.74, 6) is -1.43. The molecule has 0 unspecified atom stereocenters. The lowest BCUT2D eigenvalue weighted by Crippen LogP contribution is -2.17. The van der Waals surface area contributed by atoms with Gasteiger partial charge in [-0.05, 0) is 28.1 Å². The van der Waals surface area contributed by atoms with Crippen molar-refractivity contribution in [1.82, 2.24) is 9.97 Å². The van der Waals surface area contributed by atoms with E-state index in [0.717, 1.165) is 0 Å². The average molecular weight is 396 g/mol. The van der Waals surface area contributed by atoms with Crippen LogP contribution in [0, 0.1) is 0 Å². The van der Waals surface area contributed by atoms with Crippen LogP contribution in [-0.4, -0.2) is 21.0 Å². The van der Waals surface area contributed by atoms with Gasteiger partial charge in [0.1, 0.15) is 10.3 Å². The van der Waals surface area contributed by atoms with Crippen LogP contribution in [0.5, 0.6) is 0 Å². The first-order valence-electron chi connectivity index (χ1n) is 5.80. The van der Waals surface area contributed by atoms with E-state index in [1.165, 1.54) is 0 Å². The zero-order valence-electron chi connectivity index (χ0n) is 10.7. The van der Waals surface area contributed by atoms with Crippen LogP contribution >= 0.6 is 27.5 Å². The van der Waals surface area contributed by atoms with Gasteiger partial charge in [0.2, 0.25) is 0 Å². The Hall–Kier alpha value is -1.67. The third kappa shape index (κ3) is 3.75. The minimum Gasteiger partial charge on any atom is -0.481 e. The molecule has 0 saturated carbocycles. The Morgan fingerprint density at radius 1 is 1.23 bits per heavy atom. The fourth-order valence-electron chi connectivity index (χ4n) is 1.73. The lowest BCUT2D eigenvalue weighted by atomic mass is 10.1. The Labute approximate surface area is 136 Å². The van der Waals surface area contributed by atoms with E-state index in [1.807, 2.05) is 0 Å². The second-order valence-electron chi connectivity index (χ2n) is 4.23. The molecule has 2 rings (SSSR count). The predicted octanol–water partition coefficient (Wildman–Crippen LogP) is 4.21. The second-order valence-corrected chi connectivity index (χ2v) is 5.42. The van der Waals surface area contributed by atoms with Gasteiger partial charge in [0.05, 0.1) is 12.1 Å². The molecule has 22 heavy (non-hydrogen) atoms. The summed E-state index contributed by atoms with van der Waals surface area (Å²) in [6.45, 7) is 0. The molecule has 2 aromatic rings. The molecule has 1 aromatic carbocycles. The maximum absolute atomic E-state index is 12.9. The highest BCUT2D eigenvalue weighted by molar-refractivity contribution is 9.10. The van der Waals surface area contributed by atoms with Crippen molar-refractivity contribution in [1.29, 1.82) is 0 Å². The maximum atomic E-state index is 12.9. The largest absolute Gasteiger partial charge is 0.481 e. The zero-order chi connectivity index (χ0) is 16.5. The quantitative estimate of drug-likeness (QED) is 0.846. The monoisotopic (exact) mass is 394 g/mol. The summed E-state index contributed by atoms with van der Waals surface area (Å²) in [5, 5.41) is 9.21. The smallest absolute Gasteiger partial charge is 0.435 e. The van der Waals surface area contributed by atoms with Crippen LogP contribution in [0.1, 0.15) is 11.4 Å². The molecule has 0 spiro atoms. The molecule has 116 valence electrons. The fraction of sp³-hybridized carbons (Fsp3) is 0.154. The minimum atomic E-state index is -4.79. The Balaban J connectivity index is 2.61. The van der Waals surface area contributed by atoms with Crippen molar-refractivity contribution in [2.24, 2.45) is 0 Å². The predicted molar refractivity (Wildman–Crippen MR) is 76.5 cm³/mol. The summed E-state index contributed by atoms with van der Waals surface area (Å²) >= 11 is 8.69. The number of carboxylic acid groups (broad SMARTS) is 1. The van der Waals surface area contributed by atoms with E-state index in [0.29, 0.717) is 10.6 Å². The Morgan fingerprint density at radius 2 is 1.82 bits per heavy atom. The number of halogens is 5. The molecule has 1 heterocycles. The van der Waals surface area contributed by atoms with Crippen LogP contribution in [-0.2, 0) is 17.4 Å². The Morgan fingerprint density at radius 3 is 2.32 bits per heavy atom. The maximum Gasteiger partial charge on any atom is 0.435 e.